The first kappa shape index (κ1) is 10.3. The van der Waals surface area contributed by atoms with Crippen LogP contribution >= 0.6 is 0 Å². The second kappa shape index (κ2) is 4.56. The first-order valence-electron chi connectivity index (χ1n) is 5.57. The first-order valence-corrected chi connectivity index (χ1v) is 5.57. The van der Waals surface area contributed by atoms with Crippen LogP contribution in [0.4, 0.5) is 0 Å². The summed E-state index contributed by atoms with van der Waals surface area (Å²) in [6.07, 6.45) is 5.17. The van der Waals surface area contributed by atoms with Gasteiger partial charge in [0.2, 0.25) is 0 Å². The molecule has 1 fully saturated rings. The molecule has 1 saturated carbocycles. The molecule has 2 nitrogen and oxygen atoms in total. The maximum Gasteiger partial charge on any atom is 0.126 e. The Hall–Kier alpha value is -1.18. The molecule has 1 aliphatic rings. The quantitative estimate of drug-likeness (QED) is 0.755. The highest BCUT2D eigenvalue weighted by molar-refractivity contribution is 5.47. The van der Waals surface area contributed by atoms with Crippen LogP contribution < -0.4 is 9.47 Å². The van der Waals surface area contributed by atoms with Crippen LogP contribution in [0.25, 0.3) is 0 Å². The van der Waals surface area contributed by atoms with Gasteiger partial charge < -0.3 is 9.47 Å². The summed E-state index contributed by atoms with van der Waals surface area (Å²) in [7, 11) is 3.46. The van der Waals surface area contributed by atoms with Crippen molar-refractivity contribution in [3.8, 4) is 11.5 Å². The van der Waals surface area contributed by atoms with E-state index in [1.54, 1.807) is 14.2 Å². The number of hydrogen-bond acceptors (Lipinski definition) is 2. The van der Waals surface area contributed by atoms with E-state index < -0.39 is 0 Å². The Morgan fingerprint density at radius 1 is 1.00 bits per heavy atom. The van der Waals surface area contributed by atoms with Crippen molar-refractivity contribution in [1.29, 1.82) is 0 Å². The molecule has 2 heteroatoms. The van der Waals surface area contributed by atoms with Gasteiger partial charge in [-0.05, 0) is 30.9 Å². The Balaban J connectivity index is 2.39. The molecule has 1 aromatic rings. The zero-order valence-corrected chi connectivity index (χ0v) is 9.45. The lowest BCUT2D eigenvalue weighted by Gasteiger charge is -2.17. The van der Waals surface area contributed by atoms with Gasteiger partial charge in [-0.2, -0.15) is 0 Å². The molecule has 15 heavy (non-hydrogen) atoms. The Bertz CT molecular complexity index is 305. The standard InChI is InChI=1S/C13H18O2/c1-14-11-8-5-9-12(15-2)13(11)10-6-3-4-7-10/h5,8-10H,3-4,6-7H2,1-2H3. The van der Waals surface area contributed by atoms with Crippen molar-refractivity contribution in [2.75, 3.05) is 14.2 Å². The van der Waals surface area contributed by atoms with E-state index in [0.29, 0.717) is 5.92 Å². The van der Waals surface area contributed by atoms with Crippen LogP contribution in [-0.2, 0) is 0 Å². The summed E-state index contributed by atoms with van der Waals surface area (Å²) in [6.45, 7) is 0. The average Bonchev–Trinajstić information content (AvgIpc) is 2.81. The topological polar surface area (TPSA) is 18.5 Å². The molecule has 0 atom stereocenters. The monoisotopic (exact) mass is 206 g/mol. The first-order chi connectivity index (χ1) is 7.36. The minimum atomic E-state index is 0.621. The van der Waals surface area contributed by atoms with E-state index in [1.807, 2.05) is 18.2 Å². The van der Waals surface area contributed by atoms with Gasteiger partial charge in [-0.25, -0.2) is 0 Å². The number of methoxy groups -OCH3 is 2. The average molecular weight is 206 g/mol. The van der Waals surface area contributed by atoms with Crippen LogP contribution in [0.15, 0.2) is 18.2 Å². The van der Waals surface area contributed by atoms with Crippen molar-refractivity contribution in [2.45, 2.75) is 31.6 Å². The summed E-state index contributed by atoms with van der Waals surface area (Å²) in [5.74, 6) is 2.57. The molecular weight excluding hydrogens is 188 g/mol. The fourth-order valence-electron chi connectivity index (χ4n) is 2.50. The summed E-state index contributed by atoms with van der Waals surface area (Å²) in [5.41, 5.74) is 1.26. The molecule has 1 aliphatic carbocycles. The van der Waals surface area contributed by atoms with E-state index >= 15 is 0 Å². The van der Waals surface area contributed by atoms with Crippen LogP contribution in [0.2, 0.25) is 0 Å². The van der Waals surface area contributed by atoms with E-state index in [-0.39, 0.29) is 0 Å². The van der Waals surface area contributed by atoms with Gasteiger partial charge >= 0.3 is 0 Å². The number of hydrogen-bond donors (Lipinski definition) is 0. The fraction of sp³-hybridized carbons (Fsp3) is 0.538. The number of benzene rings is 1. The molecule has 0 saturated heterocycles. The molecule has 0 aromatic heterocycles. The smallest absolute Gasteiger partial charge is 0.126 e. The molecule has 0 heterocycles. The lowest BCUT2D eigenvalue weighted by atomic mass is 9.95. The van der Waals surface area contributed by atoms with E-state index in [2.05, 4.69) is 0 Å². The summed E-state index contributed by atoms with van der Waals surface area (Å²) in [6, 6.07) is 6.03. The Kier molecular flexibility index (Phi) is 3.14. The summed E-state index contributed by atoms with van der Waals surface area (Å²) >= 11 is 0. The van der Waals surface area contributed by atoms with Crippen LogP contribution in [-0.4, -0.2) is 14.2 Å². The second-order valence-corrected chi connectivity index (χ2v) is 4.06. The molecule has 0 N–H and O–H groups in total. The highest BCUT2D eigenvalue weighted by atomic mass is 16.5. The van der Waals surface area contributed by atoms with E-state index in [4.69, 9.17) is 9.47 Å². The second-order valence-electron chi connectivity index (χ2n) is 4.06. The molecular formula is C13H18O2. The number of ether oxygens (including phenoxy) is 2. The van der Waals surface area contributed by atoms with Crippen molar-refractivity contribution in [3.63, 3.8) is 0 Å². The molecule has 82 valence electrons. The van der Waals surface area contributed by atoms with Crippen molar-refractivity contribution < 1.29 is 9.47 Å². The maximum atomic E-state index is 5.42. The van der Waals surface area contributed by atoms with E-state index in [1.165, 1.54) is 31.2 Å². The Morgan fingerprint density at radius 2 is 1.53 bits per heavy atom. The zero-order chi connectivity index (χ0) is 10.7. The minimum absolute atomic E-state index is 0.621. The van der Waals surface area contributed by atoms with Crippen molar-refractivity contribution >= 4 is 0 Å². The van der Waals surface area contributed by atoms with Gasteiger partial charge in [0.25, 0.3) is 0 Å². The fourth-order valence-corrected chi connectivity index (χ4v) is 2.50. The van der Waals surface area contributed by atoms with Gasteiger partial charge in [0.1, 0.15) is 11.5 Å². The van der Waals surface area contributed by atoms with Gasteiger partial charge in [-0.3, -0.25) is 0 Å². The minimum Gasteiger partial charge on any atom is -0.496 e. The maximum absolute atomic E-state index is 5.42. The molecule has 2 rings (SSSR count). The molecule has 0 aliphatic heterocycles. The zero-order valence-electron chi connectivity index (χ0n) is 9.45. The van der Waals surface area contributed by atoms with Crippen LogP contribution in [0, 0.1) is 0 Å². The van der Waals surface area contributed by atoms with E-state index in [9.17, 15) is 0 Å². The predicted molar refractivity (Wildman–Crippen MR) is 60.8 cm³/mol. The third-order valence-corrected chi connectivity index (χ3v) is 3.23. The van der Waals surface area contributed by atoms with Crippen LogP contribution in [0.1, 0.15) is 37.2 Å². The molecule has 0 unspecified atom stereocenters. The molecule has 0 spiro atoms. The Labute approximate surface area is 91.2 Å². The normalized spacial score (nSPS) is 16.7. The molecule has 1 aromatic carbocycles. The largest absolute Gasteiger partial charge is 0.496 e. The summed E-state index contributed by atoms with van der Waals surface area (Å²) in [5, 5.41) is 0. The lowest BCUT2D eigenvalue weighted by Crippen LogP contribution is -2.00. The summed E-state index contributed by atoms with van der Waals surface area (Å²) < 4.78 is 10.8. The van der Waals surface area contributed by atoms with Crippen LogP contribution in [0.3, 0.4) is 0 Å². The third kappa shape index (κ3) is 1.94. The van der Waals surface area contributed by atoms with Gasteiger partial charge in [0, 0.05) is 5.56 Å². The third-order valence-electron chi connectivity index (χ3n) is 3.23. The van der Waals surface area contributed by atoms with Crippen molar-refractivity contribution in [3.05, 3.63) is 23.8 Å². The van der Waals surface area contributed by atoms with Gasteiger partial charge in [-0.1, -0.05) is 18.9 Å². The van der Waals surface area contributed by atoms with Crippen molar-refractivity contribution in [2.24, 2.45) is 0 Å². The van der Waals surface area contributed by atoms with Gasteiger partial charge in [0.05, 0.1) is 14.2 Å². The highest BCUT2D eigenvalue weighted by Gasteiger charge is 2.23. The van der Waals surface area contributed by atoms with Gasteiger partial charge in [0.15, 0.2) is 0 Å². The molecule has 0 amide bonds. The van der Waals surface area contributed by atoms with E-state index in [0.717, 1.165) is 11.5 Å². The summed E-state index contributed by atoms with van der Waals surface area (Å²) in [4.78, 5) is 0. The lowest BCUT2D eigenvalue weighted by molar-refractivity contribution is 0.379. The van der Waals surface area contributed by atoms with Gasteiger partial charge in [-0.15, -0.1) is 0 Å². The molecule has 0 bridgehead atoms. The molecule has 0 radical (unpaired) electrons. The van der Waals surface area contributed by atoms with Crippen LogP contribution in [0.5, 0.6) is 11.5 Å². The predicted octanol–water partition coefficient (Wildman–Crippen LogP) is 3.36. The Morgan fingerprint density at radius 3 is 2.00 bits per heavy atom. The van der Waals surface area contributed by atoms with Crippen molar-refractivity contribution in [1.82, 2.24) is 0 Å². The SMILES string of the molecule is COc1cccc(OC)c1C1CCCC1. The number of rotatable bonds is 3. The highest BCUT2D eigenvalue weighted by Crippen LogP contribution is 2.43.